The molecule has 128 valence electrons. The second-order valence-corrected chi connectivity index (χ2v) is 6.16. The third-order valence-electron chi connectivity index (χ3n) is 4.60. The molecule has 0 bridgehead atoms. The van der Waals surface area contributed by atoms with E-state index in [1.54, 1.807) is 30.3 Å². The second kappa shape index (κ2) is 6.12. The molecule has 1 saturated heterocycles. The van der Waals surface area contributed by atoms with Gasteiger partial charge < -0.3 is 10.2 Å². The van der Waals surface area contributed by atoms with Gasteiger partial charge in [-0.15, -0.1) is 0 Å². The number of aryl methyl sites for hydroxylation is 1. The molecule has 1 aliphatic rings. The number of hydrogen-bond acceptors (Lipinski definition) is 6. The maximum atomic E-state index is 12.0. The smallest absolute Gasteiger partial charge is 0.224 e. The third kappa shape index (κ3) is 2.69. The summed E-state index contributed by atoms with van der Waals surface area (Å²) in [4.78, 5) is 27.7. The quantitative estimate of drug-likeness (QED) is 0.767. The molecule has 8 heteroatoms. The van der Waals surface area contributed by atoms with Crippen molar-refractivity contribution in [3.63, 3.8) is 0 Å². The zero-order valence-electron chi connectivity index (χ0n) is 14.2. The van der Waals surface area contributed by atoms with Crippen LogP contribution in [-0.4, -0.2) is 50.8 Å². The first-order chi connectivity index (χ1) is 12.2. The van der Waals surface area contributed by atoms with Gasteiger partial charge in [-0.25, -0.2) is 9.97 Å². The van der Waals surface area contributed by atoms with E-state index in [1.165, 1.54) is 0 Å². The molecule has 1 atom stereocenters. The zero-order valence-corrected chi connectivity index (χ0v) is 14.2. The first-order valence-corrected chi connectivity index (χ1v) is 8.24. The third-order valence-corrected chi connectivity index (χ3v) is 4.60. The summed E-state index contributed by atoms with van der Waals surface area (Å²) in [6.07, 6.45) is 6.07. The Kier molecular flexibility index (Phi) is 3.79. The van der Waals surface area contributed by atoms with Crippen LogP contribution in [0.25, 0.3) is 22.4 Å². The Morgan fingerprint density at radius 3 is 2.96 bits per heavy atom. The van der Waals surface area contributed by atoms with Crippen molar-refractivity contribution >= 4 is 22.8 Å². The van der Waals surface area contributed by atoms with Gasteiger partial charge >= 0.3 is 0 Å². The summed E-state index contributed by atoms with van der Waals surface area (Å²) in [5.41, 5.74) is 1.63. The van der Waals surface area contributed by atoms with Crippen LogP contribution >= 0.6 is 0 Å². The molecule has 1 aliphatic heterocycles. The highest BCUT2D eigenvalue weighted by atomic mass is 16.1. The standard InChI is InChI=1S/C17H19N7O/c1-18-17(25)12-5-7-24(10-12)16-13-9-20-23(2)15(13)21-14(22-16)11-4-3-6-19-8-11/h3-4,6,8-9,12H,5,7,10H2,1-2H3,(H,18,25)/t12-/m1/s1. The van der Waals surface area contributed by atoms with Crippen molar-refractivity contribution in [1.29, 1.82) is 0 Å². The largest absolute Gasteiger partial charge is 0.359 e. The fraction of sp³-hybridized carbons (Fsp3) is 0.353. The van der Waals surface area contributed by atoms with Gasteiger partial charge in [-0.05, 0) is 18.6 Å². The Labute approximate surface area is 144 Å². The minimum Gasteiger partial charge on any atom is -0.359 e. The average Bonchev–Trinajstić information content (AvgIpc) is 3.29. The number of nitrogens with zero attached hydrogens (tertiary/aromatic N) is 6. The number of pyridine rings is 1. The van der Waals surface area contributed by atoms with E-state index in [-0.39, 0.29) is 11.8 Å². The van der Waals surface area contributed by atoms with E-state index in [4.69, 9.17) is 4.98 Å². The molecular formula is C17H19N7O. The zero-order chi connectivity index (χ0) is 17.4. The number of nitrogens with one attached hydrogen (secondary N) is 1. The topological polar surface area (TPSA) is 88.8 Å². The van der Waals surface area contributed by atoms with E-state index in [2.05, 4.69) is 25.3 Å². The van der Waals surface area contributed by atoms with Crippen molar-refractivity contribution in [2.75, 3.05) is 25.0 Å². The lowest BCUT2D eigenvalue weighted by molar-refractivity contribution is -0.123. The maximum absolute atomic E-state index is 12.0. The SMILES string of the molecule is CNC(=O)[C@@H]1CCN(c2nc(-c3cccnc3)nc3c2cnn3C)C1. The molecule has 4 heterocycles. The summed E-state index contributed by atoms with van der Waals surface area (Å²) in [6, 6.07) is 3.80. The van der Waals surface area contributed by atoms with Gasteiger partial charge in [0.15, 0.2) is 11.5 Å². The molecule has 3 aromatic rings. The summed E-state index contributed by atoms with van der Waals surface area (Å²) in [7, 11) is 3.54. The Morgan fingerprint density at radius 1 is 1.32 bits per heavy atom. The summed E-state index contributed by atoms with van der Waals surface area (Å²) >= 11 is 0. The first-order valence-electron chi connectivity index (χ1n) is 8.24. The van der Waals surface area contributed by atoms with E-state index < -0.39 is 0 Å². The van der Waals surface area contributed by atoms with Gasteiger partial charge in [0.1, 0.15) is 5.82 Å². The van der Waals surface area contributed by atoms with Crippen LogP contribution in [0, 0.1) is 5.92 Å². The van der Waals surface area contributed by atoms with E-state index in [1.807, 2.05) is 19.2 Å². The van der Waals surface area contributed by atoms with E-state index in [9.17, 15) is 4.79 Å². The molecule has 8 nitrogen and oxygen atoms in total. The van der Waals surface area contributed by atoms with Crippen LogP contribution < -0.4 is 10.2 Å². The number of aromatic nitrogens is 5. The predicted molar refractivity (Wildman–Crippen MR) is 93.9 cm³/mol. The van der Waals surface area contributed by atoms with Gasteiger partial charge in [-0.3, -0.25) is 14.5 Å². The fourth-order valence-electron chi connectivity index (χ4n) is 3.24. The molecule has 4 rings (SSSR count). The molecule has 3 aromatic heterocycles. The molecular weight excluding hydrogens is 318 g/mol. The van der Waals surface area contributed by atoms with Gasteiger partial charge in [0.2, 0.25) is 5.91 Å². The highest BCUT2D eigenvalue weighted by Gasteiger charge is 2.30. The number of carbonyl (C=O) groups is 1. The highest BCUT2D eigenvalue weighted by Crippen LogP contribution is 2.30. The van der Waals surface area contributed by atoms with Crippen LogP contribution in [0.5, 0.6) is 0 Å². The van der Waals surface area contributed by atoms with Gasteiger partial charge in [0.05, 0.1) is 17.5 Å². The molecule has 25 heavy (non-hydrogen) atoms. The Balaban J connectivity index is 1.79. The molecule has 1 amide bonds. The Bertz CT molecular complexity index is 921. The van der Waals surface area contributed by atoms with Crippen LogP contribution in [0.3, 0.4) is 0 Å². The van der Waals surface area contributed by atoms with Gasteiger partial charge in [0, 0.05) is 45.1 Å². The lowest BCUT2D eigenvalue weighted by Crippen LogP contribution is -2.30. The average molecular weight is 337 g/mol. The van der Waals surface area contributed by atoms with Crippen molar-refractivity contribution in [2.45, 2.75) is 6.42 Å². The minimum absolute atomic E-state index is 0.0199. The molecule has 0 aromatic carbocycles. The molecule has 0 spiro atoms. The Hall–Kier alpha value is -3.03. The van der Waals surface area contributed by atoms with Crippen molar-refractivity contribution < 1.29 is 4.79 Å². The highest BCUT2D eigenvalue weighted by molar-refractivity contribution is 5.89. The normalized spacial score (nSPS) is 17.2. The van der Waals surface area contributed by atoms with Crippen molar-refractivity contribution in [3.8, 4) is 11.4 Å². The Morgan fingerprint density at radius 2 is 2.20 bits per heavy atom. The van der Waals surface area contributed by atoms with Crippen LogP contribution in [0.2, 0.25) is 0 Å². The summed E-state index contributed by atoms with van der Waals surface area (Å²) < 4.78 is 1.74. The lowest BCUT2D eigenvalue weighted by Gasteiger charge is -2.19. The molecule has 1 N–H and O–H groups in total. The number of rotatable bonds is 3. The summed E-state index contributed by atoms with van der Waals surface area (Å²) in [6.45, 7) is 1.43. The molecule has 1 fully saturated rings. The van der Waals surface area contributed by atoms with Crippen molar-refractivity contribution in [1.82, 2.24) is 30.0 Å². The maximum Gasteiger partial charge on any atom is 0.224 e. The van der Waals surface area contributed by atoms with E-state index in [0.717, 1.165) is 35.4 Å². The van der Waals surface area contributed by atoms with E-state index in [0.29, 0.717) is 12.4 Å². The summed E-state index contributed by atoms with van der Waals surface area (Å²) in [5, 5.41) is 7.96. The van der Waals surface area contributed by atoms with Crippen LogP contribution in [0.4, 0.5) is 5.82 Å². The van der Waals surface area contributed by atoms with Crippen LogP contribution in [-0.2, 0) is 11.8 Å². The second-order valence-electron chi connectivity index (χ2n) is 6.16. The van der Waals surface area contributed by atoms with Crippen LogP contribution in [0.15, 0.2) is 30.7 Å². The molecule has 0 radical (unpaired) electrons. The predicted octanol–water partition coefficient (Wildman–Crippen LogP) is 0.998. The number of fused-ring (bicyclic) bond motifs is 1. The molecule has 0 unspecified atom stereocenters. The van der Waals surface area contributed by atoms with Crippen molar-refractivity contribution in [2.24, 2.45) is 13.0 Å². The molecule has 0 aliphatic carbocycles. The van der Waals surface area contributed by atoms with Crippen molar-refractivity contribution in [3.05, 3.63) is 30.7 Å². The first kappa shape index (κ1) is 15.5. The monoisotopic (exact) mass is 337 g/mol. The van der Waals surface area contributed by atoms with Gasteiger partial charge in [-0.1, -0.05) is 0 Å². The minimum atomic E-state index is -0.0199. The summed E-state index contributed by atoms with van der Waals surface area (Å²) in [5.74, 6) is 1.49. The molecule has 0 saturated carbocycles. The number of amides is 1. The van der Waals surface area contributed by atoms with Gasteiger partial charge in [-0.2, -0.15) is 5.10 Å². The number of carbonyl (C=O) groups excluding carboxylic acids is 1. The van der Waals surface area contributed by atoms with Gasteiger partial charge in [0.25, 0.3) is 0 Å². The number of hydrogen-bond donors (Lipinski definition) is 1. The van der Waals surface area contributed by atoms with Crippen LogP contribution in [0.1, 0.15) is 6.42 Å². The number of anilines is 1. The van der Waals surface area contributed by atoms with E-state index >= 15 is 0 Å². The lowest BCUT2D eigenvalue weighted by atomic mass is 10.1. The fourth-order valence-corrected chi connectivity index (χ4v) is 3.24.